The van der Waals surface area contributed by atoms with Crippen LogP contribution in [-0.2, 0) is 25.5 Å². The van der Waals surface area contributed by atoms with Crippen LogP contribution < -0.4 is 15.5 Å². The Kier molecular flexibility index (Phi) is 6.85. The first-order valence-electron chi connectivity index (χ1n) is 10.1. The molecule has 2 aliphatic rings. The van der Waals surface area contributed by atoms with Gasteiger partial charge in [-0.05, 0) is 37.0 Å². The Morgan fingerprint density at radius 3 is 2.48 bits per heavy atom. The minimum absolute atomic E-state index is 0.0398. The molecule has 8 heteroatoms. The fraction of sp³-hybridized carbons (Fsp3) is 0.524. The zero-order chi connectivity index (χ0) is 20.8. The Bertz CT molecular complexity index is 771. The Hall–Kier alpha value is -2.90. The zero-order valence-electron chi connectivity index (χ0n) is 16.6. The molecule has 1 aliphatic heterocycles. The molecule has 156 valence electrons. The Balaban J connectivity index is 1.43. The summed E-state index contributed by atoms with van der Waals surface area (Å²) in [6.45, 7) is 1.72. The molecule has 4 amide bonds. The summed E-state index contributed by atoms with van der Waals surface area (Å²) in [5.41, 5.74) is 1.91. The maximum atomic E-state index is 12.3. The van der Waals surface area contributed by atoms with Crippen LogP contribution in [-0.4, -0.2) is 43.0 Å². The smallest absolute Gasteiger partial charge is 0.321 e. The second-order valence-electron chi connectivity index (χ2n) is 7.54. The SMILES string of the molecule is CCc1ccc(N2CC(C(=O)OCC(=O)NC(=O)NC3CCCC3)CC2=O)cc1. The van der Waals surface area contributed by atoms with E-state index in [0.29, 0.717) is 0 Å². The van der Waals surface area contributed by atoms with Crippen LogP contribution in [0.15, 0.2) is 24.3 Å². The lowest BCUT2D eigenvalue weighted by Gasteiger charge is -2.17. The highest BCUT2D eigenvalue weighted by molar-refractivity contribution is 6.00. The third-order valence-electron chi connectivity index (χ3n) is 5.40. The molecule has 1 aliphatic carbocycles. The molecule has 3 rings (SSSR count). The molecule has 1 aromatic rings. The van der Waals surface area contributed by atoms with Crippen molar-refractivity contribution in [3.63, 3.8) is 0 Å². The monoisotopic (exact) mass is 401 g/mol. The van der Waals surface area contributed by atoms with Crippen molar-refractivity contribution in [1.29, 1.82) is 0 Å². The number of carbonyl (C=O) groups excluding carboxylic acids is 4. The van der Waals surface area contributed by atoms with E-state index < -0.39 is 30.4 Å². The van der Waals surface area contributed by atoms with Crippen LogP contribution in [0.2, 0.25) is 0 Å². The van der Waals surface area contributed by atoms with Crippen molar-refractivity contribution in [2.45, 2.75) is 51.5 Å². The molecule has 1 unspecified atom stereocenters. The van der Waals surface area contributed by atoms with Gasteiger partial charge in [-0.15, -0.1) is 0 Å². The van der Waals surface area contributed by atoms with E-state index in [0.717, 1.165) is 37.8 Å². The van der Waals surface area contributed by atoms with Crippen LogP contribution in [0.3, 0.4) is 0 Å². The van der Waals surface area contributed by atoms with E-state index in [1.165, 1.54) is 5.56 Å². The average molecular weight is 401 g/mol. The quantitative estimate of drug-likeness (QED) is 0.709. The number of anilines is 1. The Morgan fingerprint density at radius 1 is 1.14 bits per heavy atom. The summed E-state index contributed by atoms with van der Waals surface area (Å²) in [6, 6.07) is 7.15. The number of nitrogens with one attached hydrogen (secondary N) is 2. The summed E-state index contributed by atoms with van der Waals surface area (Å²) in [5, 5.41) is 4.89. The summed E-state index contributed by atoms with van der Waals surface area (Å²) < 4.78 is 5.02. The topological polar surface area (TPSA) is 105 Å². The summed E-state index contributed by atoms with van der Waals surface area (Å²) in [4.78, 5) is 49.7. The van der Waals surface area contributed by atoms with E-state index in [1.54, 1.807) is 4.90 Å². The first-order valence-corrected chi connectivity index (χ1v) is 10.1. The largest absolute Gasteiger partial charge is 0.455 e. The molecule has 1 atom stereocenters. The van der Waals surface area contributed by atoms with Crippen molar-refractivity contribution in [2.75, 3.05) is 18.1 Å². The van der Waals surface area contributed by atoms with Crippen LogP contribution >= 0.6 is 0 Å². The van der Waals surface area contributed by atoms with Crippen LogP contribution in [0.1, 0.15) is 44.6 Å². The number of nitrogens with zero attached hydrogens (tertiary/aromatic N) is 1. The second kappa shape index (κ2) is 9.54. The maximum Gasteiger partial charge on any atom is 0.321 e. The van der Waals surface area contributed by atoms with Gasteiger partial charge in [-0.25, -0.2) is 4.79 Å². The number of imide groups is 1. The molecule has 1 saturated heterocycles. The first kappa shape index (κ1) is 20.8. The van der Waals surface area contributed by atoms with Gasteiger partial charge in [0.15, 0.2) is 6.61 Å². The lowest BCUT2D eigenvalue weighted by Crippen LogP contribution is -2.45. The van der Waals surface area contributed by atoms with Gasteiger partial charge in [0.05, 0.1) is 5.92 Å². The van der Waals surface area contributed by atoms with Gasteiger partial charge in [-0.2, -0.15) is 0 Å². The van der Waals surface area contributed by atoms with E-state index in [9.17, 15) is 19.2 Å². The molecule has 1 heterocycles. The average Bonchev–Trinajstić information content (AvgIpc) is 3.35. The molecule has 8 nitrogen and oxygen atoms in total. The van der Waals surface area contributed by atoms with Gasteiger partial charge in [0.1, 0.15) is 0 Å². The number of benzene rings is 1. The summed E-state index contributed by atoms with van der Waals surface area (Å²) in [7, 11) is 0. The molecule has 0 aromatic heterocycles. The highest BCUT2D eigenvalue weighted by Gasteiger charge is 2.36. The van der Waals surface area contributed by atoms with Crippen LogP contribution in [0.4, 0.5) is 10.5 Å². The number of ether oxygens (including phenoxy) is 1. The third kappa shape index (κ3) is 5.56. The zero-order valence-corrected chi connectivity index (χ0v) is 16.6. The summed E-state index contributed by atoms with van der Waals surface area (Å²) >= 11 is 0. The normalized spacial score (nSPS) is 19.3. The highest BCUT2D eigenvalue weighted by atomic mass is 16.5. The summed E-state index contributed by atoms with van der Waals surface area (Å²) in [6.07, 6.45) is 4.89. The fourth-order valence-corrected chi connectivity index (χ4v) is 3.74. The molecule has 1 aromatic carbocycles. The van der Waals surface area contributed by atoms with E-state index in [-0.39, 0.29) is 24.9 Å². The number of urea groups is 1. The van der Waals surface area contributed by atoms with Crippen molar-refractivity contribution < 1.29 is 23.9 Å². The van der Waals surface area contributed by atoms with Crippen molar-refractivity contribution in [3.05, 3.63) is 29.8 Å². The van der Waals surface area contributed by atoms with Gasteiger partial charge < -0.3 is 15.0 Å². The van der Waals surface area contributed by atoms with Gasteiger partial charge in [0.2, 0.25) is 5.91 Å². The predicted molar refractivity (Wildman–Crippen MR) is 106 cm³/mol. The van der Waals surface area contributed by atoms with E-state index in [4.69, 9.17) is 4.74 Å². The van der Waals surface area contributed by atoms with E-state index in [2.05, 4.69) is 17.6 Å². The van der Waals surface area contributed by atoms with Crippen molar-refractivity contribution in [2.24, 2.45) is 5.92 Å². The van der Waals surface area contributed by atoms with Crippen LogP contribution in [0, 0.1) is 5.92 Å². The van der Waals surface area contributed by atoms with Gasteiger partial charge in [0.25, 0.3) is 5.91 Å². The number of hydrogen-bond acceptors (Lipinski definition) is 5. The number of rotatable bonds is 6. The Morgan fingerprint density at radius 2 is 1.83 bits per heavy atom. The van der Waals surface area contributed by atoms with Gasteiger partial charge in [0, 0.05) is 24.7 Å². The molecule has 1 saturated carbocycles. The maximum absolute atomic E-state index is 12.3. The van der Waals surface area contributed by atoms with Gasteiger partial charge in [-0.1, -0.05) is 31.9 Å². The first-order chi connectivity index (χ1) is 14.0. The number of aryl methyl sites for hydroxylation is 1. The number of amides is 4. The van der Waals surface area contributed by atoms with Crippen molar-refractivity contribution >= 4 is 29.5 Å². The van der Waals surface area contributed by atoms with E-state index in [1.807, 2.05) is 24.3 Å². The van der Waals surface area contributed by atoms with Crippen molar-refractivity contribution in [3.8, 4) is 0 Å². The molecule has 2 fully saturated rings. The van der Waals surface area contributed by atoms with Gasteiger partial charge in [-0.3, -0.25) is 19.7 Å². The second-order valence-corrected chi connectivity index (χ2v) is 7.54. The molecule has 2 N–H and O–H groups in total. The standard InChI is InChI=1S/C21H27N3O5/c1-2-14-7-9-17(10-8-14)24-12-15(11-19(24)26)20(27)29-13-18(25)23-21(28)22-16-5-3-4-6-16/h7-10,15-16H,2-6,11-13H2,1H3,(H2,22,23,25,28). The van der Waals surface area contributed by atoms with Crippen molar-refractivity contribution in [1.82, 2.24) is 10.6 Å². The molecule has 0 spiro atoms. The van der Waals surface area contributed by atoms with Gasteiger partial charge >= 0.3 is 12.0 Å². The van der Waals surface area contributed by atoms with Crippen LogP contribution in [0.5, 0.6) is 0 Å². The van der Waals surface area contributed by atoms with Crippen LogP contribution in [0.25, 0.3) is 0 Å². The Labute approximate surface area is 170 Å². The molecule has 0 radical (unpaired) electrons. The molecular formula is C21H27N3O5. The molecular weight excluding hydrogens is 374 g/mol. The lowest BCUT2D eigenvalue weighted by atomic mass is 10.1. The molecule has 0 bridgehead atoms. The summed E-state index contributed by atoms with van der Waals surface area (Å²) in [5.74, 6) is -2.09. The predicted octanol–water partition coefficient (Wildman–Crippen LogP) is 1.91. The molecule has 29 heavy (non-hydrogen) atoms. The minimum atomic E-state index is -0.690. The highest BCUT2D eigenvalue weighted by Crippen LogP contribution is 2.26. The number of carbonyl (C=O) groups is 4. The third-order valence-corrected chi connectivity index (χ3v) is 5.40. The lowest BCUT2D eigenvalue weighted by molar-refractivity contribution is -0.152. The minimum Gasteiger partial charge on any atom is -0.455 e. The number of hydrogen-bond donors (Lipinski definition) is 2. The number of esters is 1. The van der Waals surface area contributed by atoms with E-state index >= 15 is 0 Å². The fourth-order valence-electron chi connectivity index (χ4n) is 3.74.